The van der Waals surface area contributed by atoms with Crippen molar-refractivity contribution in [3.8, 4) is 5.06 Å². The first-order chi connectivity index (χ1) is 15.5. The molecule has 0 aliphatic carbocycles. The molecule has 1 unspecified atom stereocenters. The van der Waals surface area contributed by atoms with E-state index in [1.54, 1.807) is 17.0 Å². The molecule has 0 bridgehead atoms. The average molecular weight is 476 g/mol. The molecular weight excluding hydrogens is 454 g/mol. The van der Waals surface area contributed by atoms with E-state index in [1.165, 1.54) is 29.7 Å². The quantitative estimate of drug-likeness (QED) is 0.557. The molecule has 4 rings (SSSR count). The van der Waals surface area contributed by atoms with Gasteiger partial charge in [-0.1, -0.05) is 29.0 Å². The molecule has 9 nitrogen and oxygen atoms in total. The van der Waals surface area contributed by atoms with Crippen LogP contribution in [0.25, 0.3) is 10.9 Å². The van der Waals surface area contributed by atoms with Gasteiger partial charge in [0.15, 0.2) is 11.7 Å². The second-order valence-corrected chi connectivity index (χ2v) is 8.95. The molecule has 1 aromatic carbocycles. The highest BCUT2D eigenvalue weighted by atomic mass is 35.5. The number of halogens is 1. The molecule has 1 fully saturated rings. The van der Waals surface area contributed by atoms with Crippen molar-refractivity contribution in [1.82, 2.24) is 19.8 Å². The van der Waals surface area contributed by atoms with Crippen molar-refractivity contribution < 1.29 is 19.1 Å². The van der Waals surface area contributed by atoms with Gasteiger partial charge in [0.25, 0.3) is 5.91 Å². The van der Waals surface area contributed by atoms with Crippen LogP contribution in [0.4, 0.5) is 5.82 Å². The normalized spacial score (nSPS) is 16.6. The number of fused-ring (bicyclic) bond motifs is 1. The third-order valence-electron chi connectivity index (χ3n) is 5.22. The Labute approximate surface area is 193 Å². The van der Waals surface area contributed by atoms with Crippen LogP contribution in [0.3, 0.4) is 0 Å². The van der Waals surface area contributed by atoms with Gasteiger partial charge in [-0.2, -0.15) is 0 Å². The number of rotatable bonds is 7. The lowest BCUT2D eigenvalue weighted by molar-refractivity contribution is -0.155. The predicted octanol–water partition coefficient (Wildman–Crippen LogP) is 2.19. The second kappa shape index (κ2) is 9.68. The third-order valence-corrected chi connectivity index (χ3v) is 6.36. The molecule has 0 saturated carbocycles. The van der Waals surface area contributed by atoms with Crippen LogP contribution in [-0.4, -0.2) is 71.0 Å². The van der Waals surface area contributed by atoms with E-state index in [-0.39, 0.29) is 25.0 Å². The Balaban J connectivity index is 1.44. The molecule has 32 heavy (non-hydrogen) atoms. The number of nitrogens with zero attached hydrogens (tertiary/aromatic N) is 4. The van der Waals surface area contributed by atoms with Crippen molar-refractivity contribution in [1.29, 1.82) is 0 Å². The number of carbonyl (C=O) groups is 2. The van der Waals surface area contributed by atoms with E-state index in [9.17, 15) is 9.59 Å². The zero-order chi connectivity index (χ0) is 22.7. The SMILES string of the molecule is COCC1C(=O)N(Cc2ccc3c(N)ncnc3c2)CCN1C(=O)COc1ccc(Cl)s1. The average Bonchev–Trinajstić information content (AvgIpc) is 3.20. The number of aromatic nitrogens is 2. The van der Waals surface area contributed by atoms with Crippen LogP contribution >= 0.6 is 22.9 Å². The molecule has 3 heterocycles. The van der Waals surface area contributed by atoms with Crippen molar-refractivity contribution >= 4 is 51.5 Å². The van der Waals surface area contributed by atoms with E-state index in [0.29, 0.717) is 34.9 Å². The number of amides is 2. The summed E-state index contributed by atoms with van der Waals surface area (Å²) in [6, 6.07) is 8.34. The molecule has 2 aromatic heterocycles. The van der Waals surface area contributed by atoms with Crippen molar-refractivity contribution in [2.75, 3.05) is 39.1 Å². The van der Waals surface area contributed by atoms with Crippen LogP contribution in [0, 0.1) is 0 Å². The van der Waals surface area contributed by atoms with Gasteiger partial charge in [-0.3, -0.25) is 9.59 Å². The highest BCUT2D eigenvalue weighted by Crippen LogP contribution is 2.28. The number of ether oxygens (including phenoxy) is 2. The molecule has 1 atom stereocenters. The largest absolute Gasteiger partial charge is 0.474 e. The smallest absolute Gasteiger partial charge is 0.261 e. The minimum absolute atomic E-state index is 0.105. The fraction of sp³-hybridized carbons (Fsp3) is 0.333. The van der Waals surface area contributed by atoms with Crippen molar-refractivity contribution in [3.63, 3.8) is 0 Å². The fourth-order valence-electron chi connectivity index (χ4n) is 3.65. The molecule has 0 spiro atoms. The first-order valence-electron chi connectivity index (χ1n) is 9.90. The zero-order valence-electron chi connectivity index (χ0n) is 17.4. The van der Waals surface area contributed by atoms with Gasteiger partial charge in [0, 0.05) is 32.1 Å². The number of nitrogens with two attached hydrogens (primary N) is 1. The molecule has 1 aliphatic heterocycles. The molecule has 3 aromatic rings. The minimum atomic E-state index is -0.713. The summed E-state index contributed by atoms with van der Waals surface area (Å²) < 4.78 is 11.4. The monoisotopic (exact) mass is 475 g/mol. The van der Waals surface area contributed by atoms with Gasteiger partial charge >= 0.3 is 0 Å². The molecule has 2 N–H and O–H groups in total. The standard InChI is InChI=1S/C21H22ClN5O4S/c1-30-10-16-21(29)26(9-13-2-3-14-15(8-13)24-12-25-20(14)23)6-7-27(16)18(28)11-31-19-5-4-17(22)32-19/h2-5,8,12,16H,6-7,9-11H2,1H3,(H2,23,24,25). The maximum Gasteiger partial charge on any atom is 0.261 e. The van der Waals surface area contributed by atoms with Gasteiger partial charge in [-0.15, -0.1) is 0 Å². The first-order valence-corrected chi connectivity index (χ1v) is 11.1. The number of piperazine rings is 1. The summed E-state index contributed by atoms with van der Waals surface area (Å²) in [7, 11) is 1.51. The lowest BCUT2D eigenvalue weighted by atomic mass is 10.1. The number of nitrogen functional groups attached to an aromatic ring is 1. The summed E-state index contributed by atoms with van der Waals surface area (Å²) in [4.78, 5) is 37.4. The van der Waals surface area contributed by atoms with Crippen molar-refractivity contribution in [2.24, 2.45) is 0 Å². The predicted molar refractivity (Wildman–Crippen MR) is 122 cm³/mol. The van der Waals surface area contributed by atoms with Gasteiger partial charge in [-0.05, 0) is 29.8 Å². The first kappa shape index (κ1) is 22.3. The Bertz CT molecular complexity index is 1140. The summed E-state index contributed by atoms with van der Waals surface area (Å²) in [5.74, 6) is -0.0349. The molecule has 168 valence electrons. The van der Waals surface area contributed by atoms with Gasteiger partial charge in [0.1, 0.15) is 18.2 Å². The number of hydrogen-bond donors (Lipinski definition) is 1. The summed E-state index contributed by atoms with van der Waals surface area (Å²) >= 11 is 7.14. The highest BCUT2D eigenvalue weighted by Gasteiger charge is 2.37. The Morgan fingerprint density at radius 2 is 2.12 bits per heavy atom. The molecule has 1 saturated heterocycles. The van der Waals surface area contributed by atoms with Gasteiger partial charge in [0.05, 0.1) is 16.5 Å². The summed E-state index contributed by atoms with van der Waals surface area (Å²) in [6.07, 6.45) is 1.41. The zero-order valence-corrected chi connectivity index (χ0v) is 18.9. The third kappa shape index (κ3) is 4.77. The Morgan fingerprint density at radius 1 is 1.28 bits per heavy atom. The minimum Gasteiger partial charge on any atom is -0.474 e. The fourth-order valence-corrected chi connectivity index (χ4v) is 4.52. The Hall–Kier alpha value is -2.95. The maximum absolute atomic E-state index is 13.2. The lowest BCUT2D eigenvalue weighted by Crippen LogP contribution is -2.60. The summed E-state index contributed by atoms with van der Waals surface area (Å²) in [5.41, 5.74) is 7.52. The van der Waals surface area contributed by atoms with Gasteiger partial charge < -0.3 is 25.0 Å². The lowest BCUT2D eigenvalue weighted by Gasteiger charge is -2.40. The maximum atomic E-state index is 13.2. The summed E-state index contributed by atoms with van der Waals surface area (Å²) in [5, 5.41) is 1.32. The number of benzene rings is 1. The van der Waals surface area contributed by atoms with Crippen LogP contribution in [-0.2, 0) is 20.9 Å². The topological polar surface area (TPSA) is 111 Å². The molecular formula is C21H22ClN5O4S. The molecule has 1 aliphatic rings. The van der Waals surface area contributed by atoms with E-state index >= 15 is 0 Å². The van der Waals surface area contributed by atoms with Crippen LogP contribution < -0.4 is 10.5 Å². The van der Waals surface area contributed by atoms with E-state index in [1.807, 2.05) is 18.2 Å². The molecule has 0 radical (unpaired) electrons. The van der Waals surface area contributed by atoms with Gasteiger partial charge in [-0.25, -0.2) is 9.97 Å². The van der Waals surface area contributed by atoms with Crippen LogP contribution in [0.2, 0.25) is 4.34 Å². The van der Waals surface area contributed by atoms with Crippen molar-refractivity contribution in [2.45, 2.75) is 12.6 Å². The number of carbonyl (C=O) groups excluding carboxylic acids is 2. The number of hydrogen-bond acceptors (Lipinski definition) is 8. The molecule has 2 amide bonds. The van der Waals surface area contributed by atoms with E-state index < -0.39 is 6.04 Å². The van der Waals surface area contributed by atoms with Crippen LogP contribution in [0.5, 0.6) is 5.06 Å². The van der Waals surface area contributed by atoms with Crippen molar-refractivity contribution in [3.05, 3.63) is 46.6 Å². The Morgan fingerprint density at radius 3 is 2.88 bits per heavy atom. The molecule has 11 heteroatoms. The van der Waals surface area contributed by atoms with Crippen LogP contribution in [0.15, 0.2) is 36.7 Å². The Kier molecular flexibility index (Phi) is 6.73. The number of thiophene rings is 1. The van der Waals surface area contributed by atoms with E-state index in [0.717, 1.165) is 16.5 Å². The summed E-state index contributed by atoms with van der Waals surface area (Å²) in [6.45, 7) is 1.12. The van der Waals surface area contributed by atoms with E-state index in [4.69, 9.17) is 26.8 Å². The highest BCUT2D eigenvalue weighted by molar-refractivity contribution is 7.17. The van der Waals surface area contributed by atoms with Gasteiger partial charge in [0.2, 0.25) is 5.91 Å². The second-order valence-electron chi connectivity index (χ2n) is 7.28. The number of methoxy groups -OCH3 is 1. The van der Waals surface area contributed by atoms with E-state index in [2.05, 4.69) is 9.97 Å². The number of anilines is 1. The van der Waals surface area contributed by atoms with Crippen LogP contribution in [0.1, 0.15) is 5.56 Å².